The predicted molar refractivity (Wildman–Crippen MR) is 173 cm³/mol. The Morgan fingerprint density at radius 1 is 1.02 bits per heavy atom. The van der Waals surface area contributed by atoms with Crippen LogP contribution in [0.25, 0.3) is 16.6 Å². The summed E-state index contributed by atoms with van der Waals surface area (Å²) in [4.78, 5) is 19.5. The highest BCUT2D eigenvalue weighted by Gasteiger charge is 2.29. The number of fused-ring (bicyclic) bond motifs is 1. The SMILES string of the molecule is CCCc1c(C(=O)NC2CCC(CN3CCC(c4c[nH]c5ccccc45)CC3)CC2)cnn1-c1c(Cl)cc(Cl)cc1Cl. The lowest BCUT2D eigenvalue weighted by atomic mass is 9.84. The Balaban J connectivity index is 1.02. The first-order valence-electron chi connectivity index (χ1n) is 15.2. The second kappa shape index (κ2) is 13.0. The maximum absolute atomic E-state index is 13.4. The highest BCUT2D eigenvalue weighted by Crippen LogP contribution is 2.35. The van der Waals surface area contributed by atoms with E-state index in [1.807, 2.05) is 0 Å². The van der Waals surface area contributed by atoms with Crippen molar-refractivity contribution in [3.63, 3.8) is 0 Å². The zero-order valence-electron chi connectivity index (χ0n) is 24.0. The molecule has 0 unspecified atom stereocenters. The monoisotopic (exact) mass is 625 g/mol. The van der Waals surface area contributed by atoms with Crippen molar-refractivity contribution in [1.29, 1.82) is 0 Å². The fraction of sp³-hybridized carbons (Fsp3) is 0.455. The number of nitrogens with one attached hydrogen (secondary N) is 2. The summed E-state index contributed by atoms with van der Waals surface area (Å²) in [7, 11) is 0. The average molecular weight is 627 g/mol. The molecular weight excluding hydrogens is 589 g/mol. The molecule has 42 heavy (non-hydrogen) atoms. The van der Waals surface area contributed by atoms with Gasteiger partial charge < -0.3 is 15.2 Å². The molecule has 6 nitrogen and oxygen atoms in total. The summed E-state index contributed by atoms with van der Waals surface area (Å²) in [5.74, 6) is 1.25. The fourth-order valence-electron chi connectivity index (χ4n) is 6.95. The molecule has 0 bridgehead atoms. The second-order valence-corrected chi connectivity index (χ2v) is 13.2. The third-order valence-electron chi connectivity index (χ3n) is 9.14. The number of carbonyl (C=O) groups excluding carboxylic acids is 1. The molecule has 2 N–H and O–H groups in total. The molecule has 0 spiro atoms. The Kier molecular flexibility index (Phi) is 9.15. The van der Waals surface area contributed by atoms with Crippen LogP contribution in [0, 0.1) is 5.92 Å². The quantitative estimate of drug-likeness (QED) is 0.206. The summed E-state index contributed by atoms with van der Waals surface area (Å²) < 4.78 is 1.69. The molecule has 1 amide bonds. The van der Waals surface area contributed by atoms with Crippen LogP contribution in [0.1, 0.15) is 79.4 Å². The zero-order chi connectivity index (χ0) is 29.2. The third-order valence-corrected chi connectivity index (χ3v) is 9.94. The lowest BCUT2D eigenvalue weighted by Crippen LogP contribution is -2.41. The van der Waals surface area contributed by atoms with Crippen molar-refractivity contribution in [2.45, 2.75) is 70.3 Å². The van der Waals surface area contributed by atoms with Crippen molar-refractivity contribution in [3.8, 4) is 5.69 Å². The first-order chi connectivity index (χ1) is 20.4. The lowest BCUT2D eigenvalue weighted by molar-refractivity contribution is 0.0912. The van der Waals surface area contributed by atoms with Gasteiger partial charge in [-0.2, -0.15) is 5.10 Å². The minimum Gasteiger partial charge on any atom is -0.361 e. The van der Waals surface area contributed by atoms with E-state index in [9.17, 15) is 4.79 Å². The van der Waals surface area contributed by atoms with Gasteiger partial charge in [0.1, 0.15) is 5.69 Å². The van der Waals surface area contributed by atoms with Gasteiger partial charge in [-0.15, -0.1) is 0 Å². The number of hydrogen-bond acceptors (Lipinski definition) is 3. The highest BCUT2D eigenvalue weighted by atomic mass is 35.5. The van der Waals surface area contributed by atoms with Gasteiger partial charge in [-0.1, -0.05) is 66.3 Å². The largest absolute Gasteiger partial charge is 0.361 e. The number of halogens is 3. The molecule has 2 aromatic carbocycles. The van der Waals surface area contributed by atoms with E-state index in [1.54, 1.807) is 23.0 Å². The number of piperidine rings is 1. The number of H-pyrrole nitrogens is 1. The molecule has 4 aromatic rings. The van der Waals surface area contributed by atoms with Crippen LogP contribution in [-0.2, 0) is 6.42 Å². The van der Waals surface area contributed by atoms with Gasteiger partial charge >= 0.3 is 0 Å². The number of likely N-dealkylation sites (tertiary alicyclic amines) is 1. The summed E-state index contributed by atoms with van der Waals surface area (Å²) >= 11 is 19.1. The van der Waals surface area contributed by atoms with E-state index in [4.69, 9.17) is 34.8 Å². The van der Waals surface area contributed by atoms with Crippen LogP contribution in [0.3, 0.4) is 0 Å². The van der Waals surface area contributed by atoms with Crippen molar-refractivity contribution >= 4 is 51.6 Å². The topological polar surface area (TPSA) is 66.0 Å². The van der Waals surface area contributed by atoms with Crippen LogP contribution in [0.5, 0.6) is 0 Å². The van der Waals surface area contributed by atoms with Crippen molar-refractivity contribution in [2.24, 2.45) is 5.92 Å². The van der Waals surface area contributed by atoms with Crippen LogP contribution >= 0.6 is 34.8 Å². The van der Waals surface area contributed by atoms with E-state index in [-0.39, 0.29) is 11.9 Å². The van der Waals surface area contributed by atoms with E-state index in [0.29, 0.717) is 44.6 Å². The Bertz CT molecular complexity index is 1520. The summed E-state index contributed by atoms with van der Waals surface area (Å²) in [6.07, 6.45) is 12.1. The number of nitrogens with zero attached hydrogens (tertiary/aromatic N) is 3. The van der Waals surface area contributed by atoms with Crippen LogP contribution in [-0.4, -0.2) is 51.2 Å². The smallest absolute Gasteiger partial charge is 0.254 e. The first-order valence-corrected chi connectivity index (χ1v) is 16.4. The Labute approximate surface area is 262 Å². The number of carbonyl (C=O) groups is 1. The van der Waals surface area contributed by atoms with Crippen LogP contribution in [0.15, 0.2) is 48.8 Å². The summed E-state index contributed by atoms with van der Waals surface area (Å²) in [5, 5.41) is 10.5. The normalized spacial score (nSPS) is 20.3. The van der Waals surface area contributed by atoms with E-state index >= 15 is 0 Å². The summed E-state index contributed by atoms with van der Waals surface area (Å²) in [6, 6.07) is 12.1. The average Bonchev–Trinajstić information content (AvgIpc) is 3.59. The number of amides is 1. The molecule has 3 heterocycles. The van der Waals surface area contributed by atoms with Gasteiger partial charge in [0, 0.05) is 34.7 Å². The fourth-order valence-corrected chi connectivity index (χ4v) is 7.92. The van der Waals surface area contributed by atoms with Gasteiger partial charge in [0.25, 0.3) is 5.91 Å². The van der Waals surface area contributed by atoms with Gasteiger partial charge in [-0.3, -0.25) is 4.79 Å². The highest BCUT2D eigenvalue weighted by molar-refractivity contribution is 6.40. The van der Waals surface area contributed by atoms with E-state index < -0.39 is 0 Å². The molecule has 1 saturated heterocycles. The van der Waals surface area contributed by atoms with Gasteiger partial charge in [0.2, 0.25) is 0 Å². The second-order valence-electron chi connectivity index (χ2n) is 11.9. The van der Waals surface area contributed by atoms with E-state index in [1.165, 1.54) is 29.3 Å². The molecule has 2 aromatic heterocycles. The van der Waals surface area contributed by atoms with E-state index in [0.717, 1.165) is 57.4 Å². The molecule has 0 atom stereocenters. The zero-order valence-corrected chi connectivity index (χ0v) is 26.3. The van der Waals surface area contributed by atoms with Crippen molar-refractivity contribution in [1.82, 2.24) is 25.0 Å². The molecule has 1 saturated carbocycles. The standard InChI is InChI=1S/C33H38Cl3N5O/c1-2-5-31-27(19-38-41(31)32-28(35)16-23(34)17-29(32)36)33(42)39-24-10-8-21(9-11-24)20-40-14-12-22(13-15-40)26-18-37-30-7-4-3-6-25(26)30/h3-4,6-7,16-19,21-22,24,37H,2,5,8-15,20H2,1H3,(H,39,42). The number of para-hydroxylation sites is 1. The minimum atomic E-state index is -0.0753. The molecule has 222 valence electrons. The number of hydrogen-bond donors (Lipinski definition) is 2. The molecule has 6 rings (SSSR count). The van der Waals surface area contributed by atoms with Gasteiger partial charge in [0.15, 0.2) is 0 Å². The molecular formula is C33H38Cl3N5O. The van der Waals surface area contributed by atoms with Gasteiger partial charge in [-0.25, -0.2) is 4.68 Å². The van der Waals surface area contributed by atoms with Crippen LogP contribution in [0.2, 0.25) is 15.1 Å². The number of benzene rings is 2. The molecule has 2 fully saturated rings. The van der Waals surface area contributed by atoms with Crippen LogP contribution in [0.4, 0.5) is 0 Å². The Hall–Kier alpha value is -2.51. The van der Waals surface area contributed by atoms with Crippen molar-refractivity contribution < 1.29 is 4.79 Å². The maximum atomic E-state index is 13.4. The number of aromatic amines is 1. The third kappa shape index (κ3) is 6.23. The van der Waals surface area contributed by atoms with E-state index in [2.05, 4.69) is 57.7 Å². The molecule has 1 aliphatic heterocycles. The predicted octanol–water partition coefficient (Wildman–Crippen LogP) is 8.43. The molecule has 1 aliphatic carbocycles. The molecule has 0 radical (unpaired) electrons. The maximum Gasteiger partial charge on any atom is 0.254 e. The first kappa shape index (κ1) is 29.6. The summed E-state index contributed by atoms with van der Waals surface area (Å²) in [6.45, 7) is 5.56. The van der Waals surface area contributed by atoms with Crippen LogP contribution < -0.4 is 5.32 Å². The van der Waals surface area contributed by atoms with Crippen molar-refractivity contribution in [2.75, 3.05) is 19.6 Å². The van der Waals surface area contributed by atoms with Gasteiger partial charge in [0.05, 0.1) is 27.5 Å². The van der Waals surface area contributed by atoms with Crippen molar-refractivity contribution in [3.05, 3.63) is 80.7 Å². The lowest BCUT2D eigenvalue weighted by Gasteiger charge is -2.36. The Morgan fingerprint density at radius 2 is 1.74 bits per heavy atom. The molecule has 9 heteroatoms. The Morgan fingerprint density at radius 3 is 2.45 bits per heavy atom. The van der Waals surface area contributed by atoms with Gasteiger partial charge in [-0.05, 0) is 93.6 Å². The molecule has 2 aliphatic rings. The summed E-state index contributed by atoms with van der Waals surface area (Å²) in [5.41, 5.74) is 4.67. The number of rotatable bonds is 8. The number of aromatic nitrogens is 3. The minimum absolute atomic E-state index is 0.0753.